The van der Waals surface area contributed by atoms with E-state index in [-0.39, 0.29) is 29.9 Å². The standard InChI is InChI=1S/C24H39N5O.HI/c1-4-25-24(29-16-14-28(15-17-29)20(2)30)26-18-21-10-8-9-11-22(21)19-27(3)23-12-6-5-7-13-23;/h8-11,23H,4-7,12-19H2,1-3H3,(H,25,26);1H. The molecule has 2 aliphatic rings. The fourth-order valence-electron chi connectivity index (χ4n) is 4.60. The highest BCUT2D eigenvalue weighted by Crippen LogP contribution is 2.23. The highest BCUT2D eigenvalue weighted by Gasteiger charge is 2.21. The molecule has 31 heavy (non-hydrogen) atoms. The molecule has 0 spiro atoms. The Morgan fingerprint density at radius 2 is 1.68 bits per heavy atom. The minimum Gasteiger partial charge on any atom is -0.357 e. The third-order valence-electron chi connectivity index (χ3n) is 6.49. The van der Waals surface area contributed by atoms with E-state index in [2.05, 4.69) is 53.4 Å². The van der Waals surface area contributed by atoms with Crippen LogP contribution in [0.4, 0.5) is 0 Å². The molecule has 0 unspecified atom stereocenters. The smallest absolute Gasteiger partial charge is 0.219 e. The van der Waals surface area contributed by atoms with Crippen molar-refractivity contribution in [2.24, 2.45) is 4.99 Å². The van der Waals surface area contributed by atoms with Gasteiger partial charge in [0.2, 0.25) is 5.91 Å². The molecule has 1 saturated heterocycles. The van der Waals surface area contributed by atoms with Crippen LogP contribution in [-0.4, -0.2) is 72.4 Å². The zero-order valence-corrected chi connectivity index (χ0v) is 21.8. The third-order valence-corrected chi connectivity index (χ3v) is 6.49. The van der Waals surface area contributed by atoms with Crippen molar-refractivity contribution >= 4 is 35.8 Å². The van der Waals surface area contributed by atoms with E-state index < -0.39 is 0 Å². The van der Waals surface area contributed by atoms with Gasteiger partial charge in [-0.25, -0.2) is 4.99 Å². The zero-order valence-electron chi connectivity index (χ0n) is 19.5. The highest BCUT2D eigenvalue weighted by atomic mass is 127. The Labute approximate surface area is 205 Å². The van der Waals surface area contributed by atoms with Crippen LogP contribution in [-0.2, 0) is 17.9 Å². The van der Waals surface area contributed by atoms with E-state index in [1.165, 1.54) is 43.2 Å². The number of carbonyl (C=O) groups is 1. The summed E-state index contributed by atoms with van der Waals surface area (Å²) in [5, 5.41) is 3.44. The summed E-state index contributed by atoms with van der Waals surface area (Å²) in [6.07, 6.45) is 6.78. The monoisotopic (exact) mass is 541 g/mol. The van der Waals surface area contributed by atoms with E-state index in [9.17, 15) is 4.79 Å². The van der Waals surface area contributed by atoms with Crippen LogP contribution in [0.5, 0.6) is 0 Å². The molecule has 1 amide bonds. The van der Waals surface area contributed by atoms with Crippen LogP contribution in [0.1, 0.15) is 57.1 Å². The molecule has 1 aliphatic heterocycles. The summed E-state index contributed by atoms with van der Waals surface area (Å²) in [4.78, 5) is 23.3. The molecule has 1 aromatic carbocycles. The van der Waals surface area contributed by atoms with Crippen molar-refractivity contribution in [2.75, 3.05) is 39.8 Å². The summed E-state index contributed by atoms with van der Waals surface area (Å²) in [5.74, 6) is 1.11. The Morgan fingerprint density at radius 1 is 1.06 bits per heavy atom. The molecule has 1 N–H and O–H groups in total. The molecular formula is C24H40IN5O. The molecule has 0 aromatic heterocycles. The maximum atomic E-state index is 11.6. The predicted octanol–water partition coefficient (Wildman–Crippen LogP) is 3.70. The van der Waals surface area contributed by atoms with Gasteiger partial charge in [-0.3, -0.25) is 9.69 Å². The van der Waals surface area contributed by atoms with Crippen molar-refractivity contribution in [1.82, 2.24) is 20.0 Å². The van der Waals surface area contributed by atoms with E-state index in [4.69, 9.17) is 4.99 Å². The zero-order chi connectivity index (χ0) is 21.3. The van der Waals surface area contributed by atoms with Gasteiger partial charge in [-0.05, 0) is 37.9 Å². The van der Waals surface area contributed by atoms with Crippen molar-refractivity contribution in [3.05, 3.63) is 35.4 Å². The third kappa shape index (κ3) is 7.63. The molecule has 174 valence electrons. The molecule has 0 bridgehead atoms. The molecule has 1 saturated carbocycles. The first-order valence-electron chi connectivity index (χ1n) is 11.6. The molecule has 6 nitrogen and oxygen atoms in total. The SMILES string of the molecule is CCNC(=NCc1ccccc1CN(C)C1CCCCC1)N1CCN(C(C)=O)CC1.I. The Balaban J connectivity index is 0.00000341. The van der Waals surface area contributed by atoms with E-state index in [1.807, 2.05) is 4.90 Å². The maximum Gasteiger partial charge on any atom is 0.219 e. The average Bonchev–Trinajstić information content (AvgIpc) is 2.78. The first kappa shape index (κ1) is 25.9. The van der Waals surface area contributed by atoms with Crippen LogP contribution in [0.15, 0.2) is 29.3 Å². The number of carbonyl (C=O) groups excluding carboxylic acids is 1. The van der Waals surface area contributed by atoms with Crippen LogP contribution >= 0.6 is 24.0 Å². The second kappa shape index (κ2) is 13.3. The lowest BCUT2D eigenvalue weighted by Gasteiger charge is -2.36. The number of aliphatic imine (C=N–C) groups is 1. The van der Waals surface area contributed by atoms with Crippen LogP contribution in [0, 0.1) is 0 Å². The summed E-state index contributed by atoms with van der Waals surface area (Å²) in [7, 11) is 2.27. The van der Waals surface area contributed by atoms with Crippen molar-refractivity contribution in [2.45, 2.75) is 65.1 Å². The summed E-state index contributed by atoms with van der Waals surface area (Å²) in [6, 6.07) is 9.44. The van der Waals surface area contributed by atoms with Crippen molar-refractivity contribution in [3.8, 4) is 0 Å². The summed E-state index contributed by atoms with van der Waals surface area (Å²) < 4.78 is 0. The number of benzene rings is 1. The van der Waals surface area contributed by atoms with E-state index >= 15 is 0 Å². The summed E-state index contributed by atoms with van der Waals surface area (Å²) >= 11 is 0. The van der Waals surface area contributed by atoms with Gasteiger partial charge in [0, 0.05) is 52.2 Å². The minimum atomic E-state index is 0. The first-order valence-corrected chi connectivity index (χ1v) is 11.6. The maximum absolute atomic E-state index is 11.6. The van der Waals surface area contributed by atoms with Gasteiger partial charge in [0.05, 0.1) is 6.54 Å². The lowest BCUT2D eigenvalue weighted by Crippen LogP contribution is -2.53. The number of hydrogen-bond donors (Lipinski definition) is 1. The number of hydrogen-bond acceptors (Lipinski definition) is 3. The van der Waals surface area contributed by atoms with Gasteiger partial charge in [0.1, 0.15) is 0 Å². The highest BCUT2D eigenvalue weighted by molar-refractivity contribution is 14.0. The number of nitrogens with one attached hydrogen (secondary N) is 1. The van der Waals surface area contributed by atoms with Crippen LogP contribution < -0.4 is 5.32 Å². The number of amides is 1. The Kier molecular flexibility index (Phi) is 11.1. The van der Waals surface area contributed by atoms with Crippen molar-refractivity contribution in [1.29, 1.82) is 0 Å². The van der Waals surface area contributed by atoms with E-state index in [0.29, 0.717) is 12.6 Å². The van der Waals surface area contributed by atoms with Crippen LogP contribution in [0.3, 0.4) is 0 Å². The average molecular weight is 542 g/mol. The van der Waals surface area contributed by atoms with Gasteiger partial charge in [-0.15, -0.1) is 24.0 Å². The number of halogens is 1. The second-order valence-electron chi connectivity index (χ2n) is 8.64. The van der Waals surface area contributed by atoms with Gasteiger partial charge in [-0.1, -0.05) is 43.5 Å². The normalized spacial score (nSPS) is 18.1. The van der Waals surface area contributed by atoms with E-state index in [1.54, 1.807) is 6.92 Å². The predicted molar refractivity (Wildman–Crippen MR) is 139 cm³/mol. The van der Waals surface area contributed by atoms with E-state index in [0.717, 1.165) is 45.2 Å². The molecule has 7 heteroatoms. The second-order valence-corrected chi connectivity index (χ2v) is 8.64. The van der Waals surface area contributed by atoms with Gasteiger partial charge in [-0.2, -0.15) is 0 Å². The van der Waals surface area contributed by atoms with Crippen molar-refractivity contribution in [3.63, 3.8) is 0 Å². The fraction of sp³-hybridized carbons (Fsp3) is 0.667. The lowest BCUT2D eigenvalue weighted by atomic mass is 9.94. The lowest BCUT2D eigenvalue weighted by molar-refractivity contribution is -0.130. The largest absolute Gasteiger partial charge is 0.357 e. The molecule has 1 heterocycles. The van der Waals surface area contributed by atoms with Crippen molar-refractivity contribution < 1.29 is 4.79 Å². The number of nitrogens with zero attached hydrogens (tertiary/aromatic N) is 4. The van der Waals surface area contributed by atoms with Gasteiger partial charge in [0.25, 0.3) is 0 Å². The molecule has 0 atom stereocenters. The topological polar surface area (TPSA) is 51.2 Å². The first-order chi connectivity index (χ1) is 14.6. The minimum absolute atomic E-state index is 0. The number of rotatable bonds is 6. The number of guanidine groups is 1. The molecular weight excluding hydrogens is 501 g/mol. The molecule has 1 aromatic rings. The Morgan fingerprint density at radius 3 is 2.29 bits per heavy atom. The van der Waals surface area contributed by atoms with Gasteiger partial charge >= 0.3 is 0 Å². The quantitative estimate of drug-likeness (QED) is 0.339. The molecule has 0 radical (unpaired) electrons. The van der Waals surface area contributed by atoms with Crippen LogP contribution in [0.2, 0.25) is 0 Å². The molecule has 3 rings (SSSR count). The summed E-state index contributed by atoms with van der Waals surface area (Å²) in [6.45, 7) is 9.47. The van der Waals surface area contributed by atoms with Gasteiger partial charge < -0.3 is 15.1 Å². The molecule has 1 aliphatic carbocycles. The Bertz CT molecular complexity index is 712. The van der Waals surface area contributed by atoms with Gasteiger partial charge in [0.15, 0.2) is 5.96 Å². The number of piperazine rings is 1. The molecule has 2 fully saturated rings. The van der Waals surface area contributed by atoms with Crippen LogP contribution in [0.25, 0.3) is 0 Å². The fourth-order valence-corrected chi connectivity index (χ4v) is 4.60. The Hall–Kier alpha value is -1.35. The summed E-state index contributed by atoms with van der Waals surface area (Å²) in [5.41, 5.74) is 2.68.